The number of carboxylic acids is 1. The number of aliphatic carboxylic acids is 1. The Kier molecular flexibility index (Phi) is 5.17. The van der Waals surface area contributed by atoms with Gasteiger partial charge >= 0.3 is 12.1 Å². The van der Waals surface area contributed by atoms with E-state index in [-0.39, 0.29) is 12.1 Å². The van der Waals surface area contributed by atoms with Gasteiger partial charge in [0.1, 0.15) is 11.4 Å². The quantitative estimate of drug-likeness (QED) is 0.891. The molecule has 0 aromatic heterocycles. The molecule has 6 nitrogen and oxygen atoms in total. The molecule has 2 rings (SSSR count). The summed E-state index contributed by atoms with van der Waals surface area (Å²) in [6, 6.07) is 7.32. The molecule has 1 aliphatic carbocycles. The molecule has 24 heavy (non-hydrogen) atoms. The number of amides is 1. The van der Waals surface area contributed by atoms with Gasteiger partial charge in [-0.3, -0.25) is 4.90 Å². The van der Waals surface area contributed by atoms with Gasteiger partial charge in [0.25, 0.3) is 0 Å². The maximum Gasteiger partial charge on any atom is 0.414 e. The van der Waals surface area contributed by atoms with Crippen molar-refractivity contribution in [2.45, 2.75) is 45.8 Å². The summed E-state index contributed by atoms with van der Waals surface area (Å²) in [6.07, 6.45) is 0.464. The molecule has 0 saturated heterocycles. The number of allylic oxidation sites excluding steroid dienone is 1. The van der Waals surface area contributed by atoms with Crippen LogP contribution in [-0.4, -0.2) is 34.8 Å². The third-order valence-corrected chi connectivity index (χ3v) is 3.63. The van der Waals surface area contributed by atoms with E-state index < -0.39 is 17.7 Å². The third-order valence-electron chi connectivity index (χ3n) is 3.63. The number of carboxylic acid groups (broad SMARTS) is 1. The Morgan fingerprint density at radius 2 is 1.96 bits per heavy atom. The number of carbonyl (C=O) groups excluding carboxylic acids is 1. The molecule has 0 heterocycles. The van der Waals surface area contributed by atoms with Crippen molar-refractivity contribution in [2.24, 2.45) is 0 Å². The van der Waals surface area contributed by atoms with Crippen molar-refractivity contribution in [1.82, 2.24) is 4.90 Å². The largest absolute Gasteiger partial charge is 0.497 e. The summed E-state index contributed by atoms with van der Waals surface area (Å²) in [6.45, 7) is 5.57. The Balaban J connectivity index is 2.31. The van der Waals surface area contributed by atoms with Crippen LogP contribution in [0.25, 0.3) is 0 Å². The molecule has 0 spiro atoms. The van der Waals surface area contributed by atoms with E-state index in [2.05, 4.69) is 0 Å². The van der Waals surface area contributed by atoms with Crippen molar-refractivity contribution in [3.8, 4) is 5.75 Å². The molecule has 0 radical (unpaired) electrons. The number of methoxy groups -OCH3 is 1. The van der Waals surface area contributed by atoms with Crippen molar-refractivity contribution in [1.29, 1.82) is 0 Å². The molecule has 0 atom stereocenters. The van der Waals surface area contributed by atoms with Crippen molar-refractivity contribution >= 4 is 12.1 Å². The van der Waals surface area contributed by atoms with Crippen LogP contribution in [0.1, 0.15) is 39.2 Å². The SMILES string of the molecule is COc1cccc(CN(C(=O)OC(C)(C)C)C2=C(C(=O)O)CC2)c1. The molecule has 1 aromatic carbocycles. The summed E-state index contributed by atoms with van der Waals surface area (Å²) in [5.74, 6) is -0.312. The van der Waals surface area contributed by atoms with Crippen LogP contribution in [0.3, 0.4) is 0 Å². The van der Waals surface area contributed by atoms with Gasteiger partial charge in [0.15, 0.2) is 0 Å². The Hall–Kier alpha value is -2.50. The van der Waals surface area contributed by atoms with Gasteiger partial charge in [0.2, 0.25) is 0 Å². The molecule has 0 fully saturated rings. The van der Waals surface area contributed by atoms with E-state index in [1.807, 2.05) is 24.3 Å². The van der Waals surface area contributed by atoms with Crippen LogP contribution in [0.5, 0.6) is 5.75 Å². The van der Waals surface area contributed by atoms with Crippen LogP contribution < -0.4 is 4.74 Å². The molecule has 1 amide bonds. The van der Waals surface area contributed by atoms with Crippen molar-refractivity contribution in [2.75, 3.05) is 7.11 Å². The monoisotopic (exact) mass is 333 g/mol. The molecule has 0 unspecified atom stereocenters. The second-order valence-corrected chi connectivity index (χ2v) is 6.65. The molecular formula is C18H23NO5. The van der Waals surface area contributed by atoms with Crippen LogP contribution in [0.4, 0.5) is 4.79 Å². The highest BCUT2D eigenvalue weighted by Gasteiger charge is 2.33. The summed E-state index contributed by atoms with van der Waals surface area (Å²) in [5.41, 5.74) is 0.963. The first kappa shape index (κ1) is 17.8. The lowest BCUT2D eigenvalue weighted by atomic mass is 9.93. The fourth-order valence-electron chi connectivity index (χ4n) is 2.43. The van der Waals surface area contributed by atoms with Gasteiger partial charge in [-0.1, -0.05) is 12.1 Å². The van der Waals surface area contributed by atoms with Crippen LogP contribution in [0, 0.1) is 0 Å². The Bertz CT molecular complexity index is 672. The number of ether oxygens (including phenoxy) is 2. The third kappa shape index (κ3) is 4.28. The highest BCUT2D eigenvalue weighted by molar-refractivity contribution is 5.90. The maximum absolute atomic E-state index is 12.6. The van der Waals surface area contributed by atoms with E-state index >= 15 is 0 Å². The number of nitrogens with zero attached hydrogens (tertiary/aromatic N) is 1. The predicted octanol–water partition coefficient (Wildman–Crippen LogP) is 3.56. The molecule has 1 aromatic rings. The van der Waals surface area contributed by atoms with Gasteiger partial charge in [-0.05, 0) is 51.3 Å². The lowest BCUT2D eigenvalue weighted by Gasteiger charge is -2.33. The molecule has 0 saturated carbocycles. The summed E-state index contributed by atoms with van der Waals surface area (Å²) in [5, 5.41) is 9.26. The summed E-state index contributed by atoms with van der Waals surface area (Å²) >= 11 is 0. The van der Waals surface area contributed by atoms with Crippen LogP contribution >= 0.6 is 0 Å². The topological polar surface area (TPSA) is 76.1 Å². The van der Waals surface area contributed by atoms with Gasteiger partial charge in [0, 0.05) is 5.70 Å². The van der Waals surface area contributed by atoms with Gasteiger partial charge in [-0.2, -0.15) is 0 Å². The number of hydrogen-bond acceptors (Lipinski definition) is 4. The van der Waals surface area contributed by atoms with E-state index in [1.165, 1.54) is 4.90 Å². The zero-order valence-electron chi connectivity index (χ0n) is 14.5. The van der Waals surface area contributed by atoms with Gasteiger partial charge in [-0.15, -0.1) is 0 Å². The molecule has 6 heteroatoms. The van der Waals surface area contributed by atoms with Crippen LogP contribution in [-0.2, 0) is 16.1 Å². The Morgan fingerprint density at radius 1 is 1.25 bits per heavy atom. The highest BCUT2D eigenvalue weighted by atomic mass is 16.6. The Morgan fingerprint density at radius 3 is 2.46 bits per heavy atom. The fourth-order valence-corrected chi connectivity index (χ4v) is 2.43. The summed E-state index contributed by atoms with van der Waals surface area (Å²) in [4.78, 5) is 25.3. The molecule has 1 N–H and O–H groups in total. The minimum absolute atomic E-state index is 0.234. The van der Waals surface area contributed by atoms with Gasteiger partial charge in [0.05, 0.1) is 19.2 Å². The highest BCUT2D eigenvalue weighted by Crippen LogP contribution is 2.33. The van der Waals surface area contributed by atoms with Crippen LogP contribution in [0.15, 0.2) is 35.5 Å². The zero-order chi connectivity index (χ0) is 17.9. The predicted molar refractivity (Wildman–Crippen MR) is 88.7 cm³/mol. The molecule has 130 valence electrons. The number of benzene rings is 1. The zero-order valence-corrected chi connectivity index (χ0v) is 14.5. The van der Waals surface area contributed by atoms with E-state index in [4.69, 9.17) is 9.47 Å². The first-order valence-electron chi connectivity index (χ1n) is 7.80. The lowest BCUT2D eigenvalue weighted by molar-refractivity contribution is -0.133. The standard InChI is InChI=1S/C18H23NO5/c1-18(2,3)24-17(22)19(15-9-8-14(15)16(20)21)11-12-6-5-7-13(10-12)23-4/h5-7,10H,8-9,11H2,1-4H3,(H,20,21). The lowest BCUT2D eigenvalue weighted by Crippen LogP contribution is -2.39. The summed E-state index contributed by atoms with van der Waals surface area (Å²) in [7, 11) is 1.57. The first-order valence-corrected chi connectivity index (χ1v) is 7.80. The molecular weight excluding hydrogens is 310 g/mol. The molecule has 0 bridgehead atoms. The minimum Gasteiger partial charge on any atom is -0.497 e. The summed E-state index contributed by atoms with van der Waals surface area (Å²) < 4.78 is 10.6. The number of rotatable bonds is 5. The smallest absolute Gasteiger partial charge is 0.414 e. The molecule has 1 aliphatic rings. The van der Waals surface area contributed by atoms with E-state index in [9.17, 15) is 14.7 Å². The number of carbonyl (C=O) groups is 2. The van der Waals surface area contributed by atoms with E-state index in [0.717, 1.165) is 5.56 Å². The van der Waals surface area contributed by atoms with Crippen molar-refractivity contribution in [3.05, 3.63) is 41.1 Å². The average Bonchev–Trinajstić information content (AvgIpc) is 2.43. The normalized spacial score (nSPS) is 14.0. The van der Waals surface area contributed by atoms with Crippen molar-refractivity contribution in [3.63, 3.8) is 0 Å². The maximum atomic E-state index is 12.6. The fraction of sp³-hybridized carbons (Fsp3) is 0.444. The average molecular weight is 333 g/mol. The van der Waals surface area contributed by atoms with Gasteiger partial charge < -0.3 is 14.6 Å². The minimum atomic E-state index is -0.990. The van der Waals surface area contributed by atoms with Crippen LogP contribution in [0.2, 0.25) is 0 Å². The first-order chi connectivity index (χ1) is 11.2. The second-order valence-electron chi connectivity index (χ2n) is 6.65. The second kappa shape index (κ2) is 6.95. The Labute approximate surface area is 141 Å². The van der Waals surface area contributed by atoms with E-state index in [1.54, 1.807) is 27.9 Å². The van der Waals surface area contributed by atoms with Gasteiger partial charge in [-0.25, -0.2) is 9.59 Å². The van der Waals surface area contributed by atoms with Crippen molar-refractivity contribution < 1.29 is 24.2 Å². The number of hydrogen-bond donors (Lipinski definition) is 1. The van der Waals surface area contributed by atoms with E-state index in [0.29, 0.717) is 24.3 Å². The molecule has 0 aliphatic heterocycles.